The van der Waals surface area contributed by atoms with Crippen molar-refractivity contribution in [3.8, 4) is 0 Å². The van der Waals surface area contributed by atoms with E-state index in [0.29, 0.717) is 0 Å². The van der Waals surface area contributed by atoms with Gasteiger partial charge in [0, 0.05) is 13.0 Å². The zero-order valence-electron chi connectivity index (χ0n) is 9.07. The van der Waals surface area contributed by atoms with Crippen molar-refractivity contribution in [1.82, 2.24) is 5.32 Å². The Hall–Kier alpha value is -1.57. The van der Waals surface area contributed by atoms with E-state index in [0.717, 1.165) is 12.8 Å². The minimum Gasteiger partial charge on any atom is -0.353 e. The molecule has 0 aliphatic carbocycles. The molecule has 0 aliphatic heterocycles. The highest BCUT2D eigenvalue weighted by Gasteiger charge is 2.08. The maximum absolute atomic E-state index is 11.0. The van der Waals surface area contributed by atoms with Gasteiger partial charge in [0.05, 0.1) is 0 Å². The number of rotatable bonds is 5. The number of hydrogen-bond acceptors (Lipinski definition) is 1. The second kappa shape index (κ2) is 6.02. The van der Waals surface area contributed by atoms with Gasteiger partial charge >= 0.3 is 0 Å². The summed E-state index contributed by atoms with van der Waals surface area (Å²) in [5.41, 5.74) is 1.23. The third-order valence-corrected chi connectivity index (χ3v) is 2.18. The number of hydrogen-bond donors (Lipinski definition) is 1. The van der Waals surface area contributed by atoms with Crippen LogP contribution in [0.25, 0.3) is 0 Å². The van der Waals surface area contributed by atoms with E-state index in [2.05, 4.69) is 24.0 Å². The normalized spacial score (nSPS) is 11.8. The SMILES string of the molecule is C=CC[C@@H](Cc1ccccc1)NC(C)=O. The molecule has 1 rings (SSSR count). The van der Waals surface area contributed by atoms with E-state index in [1.165, 1.54) is 5.56 Å². The molecule has 0 saturated heterocycles. The molecular weight excluding hydrogens is 186 g/mol. The number of nitrogens with one attached hydrogen (secondary N) is 1. The molecule has 0 fully saturated rings. The first kappa shape index (κ1) is 11.5. The Balaban J connectivity index is 2.58. The molecule has 0 heterocycles. The van der Waals surface area contributed by atoms with E-state index in [1.807, 2.05) is 24.3 Å². The second-order valence-corrected chi connectivity index (χ2v) is 3.61. The summed E-state index contributed by atoms with van der Waals surface area (Å²) in [5.74, 6) is 0.0118. The molecular formula is C13H17NO. The first-order valence-corrected chi connectivity index (χ1v) is 5.14. The molecule has 1 N–H and O–H groups in total. The molecule has 0 unspecified atom stereocenters. The summed E-state index contributed by atoms with van der Waals surface area (Å²) < 4.78 is 0. The Bertz CT molecular complexity index is 319. The first-order valence-electron chi connectivity index (χ1n) is 5.14. The van der Waals surface area contributed by atoms with Crippen molar-refractivity contribution < 1.29 is 4.79 Å². The quantitative estimate of drug-likeness (QED) is 0.731. The summed E-state index contributed by atoms with van der Waals surface area (Å²) in [6, 6.07) is 10.3. The summed E-state index contributed by atoms with van der Waals surface area (Å²) >= 11 is 0. The average molecular weight is 203 g/mol. The molecule has 0 bridgehead atoms. The molecule has 1 aromatic rings. The van der Waals surface area contributed by atoms with Crippen molar-refractivity contribution in [3.05, 3.63) is 48.6 Å². The van der Waals surface area contributed by atoms with E-state index in [1.54, 1.807) is 6.92 Å². The predicted molar refractivity (Wildman–Crippen MR) is 62.6 cm³/mol. The van der Waals surface area contributed by atoms with E-state index in [4.69, 9.17) is 0 Å². The zero-order chi connectivity index (χ0) is 11.1. The van der Waals surface area contributed by atoms with Crippen LogP contribution in [0.15, 0.2) is 43.0 Å². The van der Waals surface area contributed by atoms with Gasteiger partial charge in [0.15, 0.2) is 0 Å². The Morgan fingerprint density at radius 2 is 2.13 bits per heavy atom. The summed E-state index contributed by atoms with van der Waals surface area (Å²) in [7, 11) is 0. The Kier molecular flexibility index (Phi) is 4.61. The first-order chi connectivity index (χ1) is 7.22. The van der Waals surface area contributed by atoms with Crippen molar-refractivity contribution in [1.29, 1.82) is 0 Å². The molecule has 1 atom stereocenters. The Morgan fingerprint density at radius 3 is 2.67 bits per heavy atom. The Labute approximate surface area is 91.0 Å². The van der Waals surface area contributed by atoms with Gasteiger partial charge in [-0.15, -0.1) is 6.58 Å². The van der Waals surface area contributed by atoms with Crippen molar-refractivity contribution in [2.24, 2.45) is 0 Å². The molecule has 15 heavy (non-hydrogen) atoms. The number of carbonyl (C=O) groups is 1. The summed E-state index contributed by atoms with van der Waals surface area (Å²) in [4.78, 5) is 11.0. The summed E-state index contributed by atoms with van der Waals surface area (Å²) in [6.07, 6.45) is 3.49. The van der Waals surface area contributed by atoms with Crippen LogP contribution >= 0.6 is 0 Å². The molecule has 0 aromatic heterocycles. The maximum atomic E-state index is 11.0. The van der Waals surface area contributed by atoms with E-state index in [9.17, 15) is 4.79 Å². The molecule has 80 valence electrons. The van der Waals surface area contributed by atoms with Crippen molar-refractivity contribution in [3.63, 3.8) is 0 Å². The van der Waals surface area contributed by atoms with Crippen LogP contribution in [0.1, 0.15) is 18.9 Å². The molecule has 2 nitrogen and oxygen atoms in total. The molecule has 0 radical (unpaired) electrons. The van der Waals surface area contributed by atoms with Gasteiger partial charge in [0.1, 0.15) is 0 Å². The zero-order valence-corrected chi connectivity index (χ0v) is 9.07. The van der Waals surface area contributed by atoms with Crippen LogP contribution in [-0.2, 0) is 11.2 Å². The van der Waals surface area contributed by atoms with Gasteiger partial charge in [-0.3, -0.25) is 4.79 Å². The molecule has 2 heteroatoms. The van der Waals surface area contributed by atoms with Crippen LogP contribution in [0, 0.1) is 0 Å². The minimum atomic E-state index is 0.0118. The second-order valence-electron chi connectivity index (χ2n) is 3.61. The topological polar surface area (TPSA) is 29.1 Å². The van der Waals surface area contributed by atoms with Crippen LogP contribution in [0.5, 0.6) is 0 Å². The van der Waals surface area contributed by atoms with Crippen molar-refractivity contribution in [2.45, 2.75) is 25.8 Å². The van der Waals surface area contributed by atoms with Crippen molar-refractivity contribution >= 4 is 5.91 Å². The third kappa shape index (κ3) is 4.45. The smallest absolute Gasteiger partial charge is 0.217 e. The fourth-order valence-electron chi connectivity index (χ4n) is 1.58. The fraction of sp³-hybridized carbons (Fsp3) is 0.308. The highest BCUT2D eigenvalue weighted by Crippen LogP contribution is 2.06. The van der Waals surface area contributed by atoms with Gasteiger partial charge < -0.3 is 5.32 Å². The van der Waals surface area contributed by atoms with Gasteiger partial charge in [-0.05, 0) is 18.4 Å². The molecule has 1 aromatic carbocycles. The fourth-order valence-corrected chi connectivity index (χ4v) is 1.58. The number of benzene rings is 1. The van der Waals surface area contributed by atoms with Gasteiger partial charge in [0.2, 0.25) is 5.91 Å². The van der Waals surface area contributed by atoms with Crippen LogP contribution in [0.3, 0.4) is 0 Å². The van der Waals surface area contributed by atoms with Gasteiger partial charge in [-0.25, -0.2) is 0 Å². The summed E-state index contributed by atoms with van der Waals surface area (Å²) in [5, 5.41) is 2.92. The van der Waals surface area contributed by atoms with E-state index < -0.39 is 0 Å². The molecule has 0 saturated carbocycles. The summed E-state index contributed by atoms with van der Waals surface area (Å²) in [6.45, 7) is 5.24. The molecule has 1 amide bonds. The van der Waals surface area contributed by atoms with Crippen LogP contribution < -0.4 is 5.32 Å². The maximum Gasteiger partial charge on any atom is 0.217 e. The lowest BCUT2D eigenvalue weighted by molar-refractivity contribution is -0.119. The Morgan fingerprint density at radius 1 is 1.47 bits per heavy atom. The van der Waals surface area contributed by atoms with Gasteiger partial charge in [-0.1, -0.05) is 36.4 Å². The molecule has 0 aliphatic rings. The lowest BCUT2D eigenvalue weighted by Crippen LogP contribution is -2.34. The highest BCUT2D eigenvalue weighted by molar-refractivity contribution is 5.73. The minimum absolute atomic E-state index is 0.0118. The lowest BCUT2D eigenvalue weighted by Gasteiger charge is -2.15. The van der Waals surface area contributed by atoms with Crippen LogP contribution in [-0.4, -0.2) is 11.9 Å². The average Bonchev–Trinajstić information content (AvgIpc) is 2.18. The molecule has 0 spiro atoms. The standard InChI is InChI=1S/C13H17NO/c1-3-7-13(14-11(2)15)10-12-8-5-4-6-9-12/h3-6,8-9,13H,1,7,10H2,2H3,(H,14,15)/t13-/m0/s1. The van der Waals surface area contributed by atoms with E-state index in [-0.39, 0.29) is 11.9 Å². The van der Waals surface area contributed by atoms with Crippen LogP contribution in [0.4, 0.5) is 0 Å². The van der Waals surface area contributed by atoms with Gasteiger partial charge in [-0.2, -0.15) is 0 Å². The highest BCUT2D eigenvalue weighted by atomic mass is 16.1. The largest absolute Gasteiger partial charge is 0.353 e. The number of carbonyl (C=O) groups excluding carboxylic acids is 1. The lowest BCUT2D eigenvalue weighted by atomic mass is 10.0. The van der Waals surface area contributed by atoms with Crippen LogP contribution in [0.2, 0.25) is 0 Å². The number of amides is 1. The van der Waals surface area contributed by atoms with E-state index >= 15 is 0 Å². The van der Waals surface area contributed by atoms with Crippen molar-refractivity contribution in [2.75, 3.05) is 0 Å². The predicted octanol–water partition coefficient (Wildman–Crippen LogP) is 2.31. The van der Waals surface area contributed by atoms with Gasteiger partial charge in [0.25, 0.3) is 0 Å². The monoisotopic (exact) mass is 203 g/mol. The third-order valence-electron chi connectivity index (χ3n) is 2.18.